The van der Waals surface area contributed by atoms with E-state index in [0.717, 1.165) is 12.7 Å². The van der Waals surface area contributed by atoms with E-state index in [0.29, 0.717) is 37.7 Å². The van der Waals surface area contributed by atoms with Gasteiger partial charge < -0.3 is 14.2 Å². The second-order valence-electron chi connectivity index (χ2n) is 3.50. The van der Waals surface area contributed by atoms with Crippen molar-refractivity contribution in [2.24, 2.45) is 0 Å². The SMILES string of the molecule is COCCOCCCOc1cccc(C=O)c1. The number of hydrogen-bond donors (Lipinski definition) is 0. The molecule has 0 fully saturated rings. The van der Waals surface area contributed by atoms with Gasteiger partial charge in [-0.25, -0.2) is 0 Å². The van der Waals surface area contributed by atoms with Crippen molar-refractivity contribution in [3.63, 3.8) is 0 Å². The molecule has 17 heavy (non-hydrogen) atoms. The first kappa shape index (κ1) is 13.7. The summed E-state index contributed by atoms with van der Waals surface area (Å²) in [5, 5.41) is 0. The van der Waals surface area contributed by atoms with Crippen LogP contribution in [0.15, 0.2) is 24.3 Å². The molecule has 0 saturated heterocycles. The van der Waals surface area contributed by atoms with E-state index in [4.69, 9.17) is 14.2 Å². The van der Waals surface area contributed by atoms with Crippen molar-refractivity contribution in [2.75, 3.05) is 33.5 Å². The number of methoxy groups -OCH3 is 1. The Morgan fingerprint density at radius 1 is 1.18 bits per heavy atom. The predicted octanol–water partition coefficient (Wildman–Crippen LogP) is 1.93. The van der Waals surface area contributed by atoms with Crippen LogP contribution >= 0.6 is 0 Å². The Morgan fingerprint density at radius 3 is 2.82 bits per heavy atom. The average molecular weight is 238 g/mol. The molecule has 0 heterocycles. The molecule has 0 N–H and O–H groups in total. The number of carbonyl (C=O) groups is 1. The molecule has 0 spiro atoms. The van der Waals surface area contributed by atoms with Gasteiger partial charge in [0.1, 0.15) is 12.0 Å². The van der Waals surface area contributed by atoms with Crippen molar-refractivity contribution in [3.05, 3.63) is 29.8 Å². The molecule has 0 unspecified atom stereocenters. The average Bonchev–Trinajstić information content (AvgIpc) is 2.38. The molecule has 0 amide bonds. The summed E-state index contributed by atoms with van der Waals surface area (Å²) in [5.74, 6) is 0.714. The summed E-state index contributed by atoms with van der Waals surface area (Å²) in [6.45, 7) is 2.45. The Balaban J connectivity index is 2.11. The van der Waals surface area contributed by atoms with E-state index >= 15 is 0 Å². The molecule has 0 saturated carbocycles. The minimum atomic E-state index is 0.579. The van der Waals surface area contributed by atoms with Crippen molar-refractivity contribution >= 4 is 6.29 Å². The zero-order valence-corrected chi connectivity index (χ0v) is 10.1. The van der Waals surface area contributed by atoms with Crippen molar-refractivity contribution in [1.29, 1.82) is 0 Å². The summed E-state index contributed by atoms with van der Waals surface area (Å²) in [5.41, 5.74) is 0.624. The molecule has 0 aliphatic carbocycles. The van der Waals surface area contributed by atoms with E-state index in [-0.39, 0.29) is 0 Å². The maximum absolute atomic E-state index is 10.5. The Bertz CT molecular complexity index is 325. The topological polar surface area (TPSA) is 44.8 Å². The summed E-state index contributed by atoms with van der Waals surface area (Å²) >= 11 is 0. The Kier molecular flexibility index (Phi) is 7.02. The molecule has 1 aromatic rings. The minimum Gasteiger partial charge on any atom is -0.493 e. The number of rotatable bonds is 9. The van der Waals surface area contributed by atoms with E-state index in [1.165, 1.54) is 0 Å². The van der Waals surface area contributed by atoms with Gasteiger partial charge in [-0.1, -0.05) is 12.1 Å². The predicted molar refractivity (Wildman–Crippen MR) is 64.6 cm³/mol. The van der Waals surface area contributed by atoms with Crippen LogP contribution in [0, 0.1) is 0 Å². The van der Waals surface area contributed by atoms with Crippen LogP contribution in [0.4, 0.5) is 0 Å². The van der Waals surface area contributed by atoms with Gasteiger partial charge >= 0.3 is 0 Å². The fourth-order valence-corrected chi connectivity index (χ4v) is 1.27. The molecule has 4 nitrogen and oxygen atoms in total. The van der Waals surface area contributed by atoms with Crippen molar-refractivity contribution in [3.8, 4) is 5.75 Å². The monoisotopic (exact) mass is 238 g/mol. The molecular weight excluding hydrogens is 220 g/mol. The van der Waals surface area contributed by atoms with Gasteiger partial charge in [-0.15, -0.1) is 0 Å². The van der Waals surface area contributed by atoms with Gasteiger partial charge in [-0.3, -0.25) is 4.79 Å². The highest BCUT2D eigenvalue weighted by atomic mass is 16.5. The fourth-order valence-electron chi connectivity index (χ4n) is 1.27. The number of aldehydes is 1. The van der Waals surface area contributed by atoms with Crippen LogP contribution in [0.5, 0.6) is 5.75 Å². The molecule has 0 aliphatic rings. The molecule has 0 radical (unpaired) electrons. The van der Waals surface area contributed by atoms with Crippen LogP contribution < -0.4 is 4.74 Å². The lowest BCUT2D eigenvalue weighted by molar-refractivity contribution is 0.0644. The van der Waals surface area contributed by atoms with Gasteiger partial charge in [0.05, 0.1) is 19.8 Å². The van der Waals surface area contributed by atoms with E-state index in [1.807, 2.05) is 6.07 Å². The van der Waals surface area contributed by atoms with E-state index in [9.17, 15) is 4.79 Å². The van der Waals surface area contributed by atoms with Crippen molar-refractivity contribution in [1.82, 2.24) is 0 Å². The van der Waals surface area contributed by atoms with Crippen LogP contribution in [0.2, 0.25) is 0 Å². The van der Waals surface area contributed by atoms with Crippen LogP contribution in [0.1, 0.15) is 16.8 Å². The van der Waals surface area contributed by atoms with Crippen molar-refractivity contribution in [2.45, 2.75) is 6.42 Å². The lowest BCUT2D eigenvalue weighted by atomic mass is 10.2. The third-order valence-corrected chi connectivity index (χ3v) is 2.13. The zero-order valence-electron chi connectivity index (χ0n) is 10.1. The molecule has 1 aromatic carbocycles. The molecule has 1 rings (SSSR count). The molecule has 0 bridgehead atoms. The lowest BCUT2D eigenvalue weighted by Crippen LogP contribution is -2.06. The number of ether oxygens (including phenoxy) is 3. The van der Waals surface area contributed by atoms with Crippen molar-refractivity contribution < 1.29 is 19.0 Å². The largest absolute Gasteiger partial charge is 0.493 e. The maximum Gasteiger partial charge on any atom is 0.150 e. The number of carbonyl (C=O) groups excluding carboxylic acids is 1. The van der Waals surface area contributed by atoms with Gasteiger partial charge in [0.25, 0.3) is 0 Å². The van der Waals surface area contributed by atoms with Crippen LogP contribution in [-0.4, -0.2) is 39.8 Å². The highest BCUT2D eigenvalue weighted by Gasteiger charge is 1.96. The zero-order chi connectivity index (χ0) is 12.3. The molecule has 94 valence electrons. The number of benzene rings is 1. The summed E-state index contributed by atoms with van der Waals surface area (Å²) in [6, 6.07) is 7.10. The standard InChI is InChI=1S/C13H18O4/c1-15-8-9-16-6-3-7-17-13-5-2-4-12(10-13)11-14/h2,4-5,10-11H,3,6-9H2,1H3. The summed E-state index contributed by atoms with van der Waals surface area (Å²) < 4.78 is 15.6. The third-order valence-electron chi connectivity index (χ3n) is 2.13. The first-order valence-corrected chi connectivity index (χ1v) is 5.61. The first-order chi connectivity index (χ1) is 8.36. The molecule has 0 atom stereocenters. The van der Waals surface area contributed by atoms with Gasteiger partial charge in [-0.05, 0) is 12.1 Å². The highest BCUT2D eigenvalue weighted by molar-refractivity contribution is 5.75. The Hall–Kier alpha value is -1.39. The van der Waals surface area contributed by atoms with E-state index in [1.54, 1.807) is 25.3 Å². The van der Waals surface area contributed by atoms with Crippen LogP contribution in [-0.2, 0) is 9.47 Å². The van der Waals surface area contributed by atoms with Gasteiger partial charge in [0.15, 0.2) is 0 Å². The minimum absolute atomic E-state index is 0.579. The lowest BCUT2D eigenvalue weighted by Gasteiger charge is -2.07. The Morgan fingerprint density at radius 2 is 2.06 bits per heavy atom. The number of hydrogen-bond acceptors (Lipinski definition) is 4. The Labute approximate surface area is 101 Å². The second-order valence-corrected chi connectivity index (χ2v) is 3.50. The van der Waals surface area contributed by atoms with Gasteiger partial charge in [-0.2, -0.15) is 0 Å². The normalized spacial score (nSPS) is 10.2. The molecule has 4 heteroatoms. The first-order valence-electron chi connectivity index (χ1n) is 5.61. The van der Waals surface area contributed by atoms with Crippen LogP contribution in [0.25, 0.3) is 0 Å². The van der Waals surface area contributed by atoms with Gasteiger partial charge in [0, 0.05) is 25.7 Å². The van der Waals surface area contributed by atoms with E-state index < -0.39 is 0 Å². The molecule has 0 aliphatic heterocycles. The smallest absolute Gasteiger partial charge is 0.150 e. The van der Waals surface area contributed by atoms with Gasteiger partial charge in [0.2, 0.25) is 0 Å². The third kappa shape index (κ3) is 6.04. The maximum atomic E-state index is 10.5. The molecule has 0 aromatic heterocycles. The van der Waals surface area contributed by atoms with Crippen LogP contribution in [0.3, 0.4) is 0 Å². The summed E-state index contributed by atoms with van der Waals surface area (Å²) in [7, 11) is 1.65. The second kappa shape index (κ2) is 8.73. The summed E-state index contributed by atoms with van der Waals surface area (Å²) in [6.07, 6.45) is 1.62. The summed E-state index contributed by atoms with van der Waals surface area (Å²) in [4.78, 5) is 10.5. The quantitative estimate of drug-likeness (QED) is 0.487. The van der Waals surface area contributed by atoms with E-state index in [2.05, 4.69) is 0 Å². The fraction of sp³-hybridized carbons (Fsp3) is 0.462. The molecular formula is C13H18O4. The highest BCUT2D eigenvalue weighted by Crippen LogP contribution is 2.11.